The number of halogens is 1. The predicted octanol–water partition coefficient (Wildman–Crippen LogP) is 17.5. The summed E-state index contributed by atoms with van der Waals surface area (Å²) in [5.74, 6) is -0.269. The maximum atomic E-state index is 14.5. The van der Waals surface area contributed by atoms with Crippen molar-refractivity contribution in [2.45, 2.75) is 0 Å². The molecule has 0 amide bonds. The van der Waals surface area contributed by atoms with Crippen molar-refractivity contribution in [2.75, 3.05) is 9.80 Å². The Balaban J connectivity index is 0.967. The summed E-state index contributed by atoms with van der Waals surface area (Å²) in [5, 5.41) is 7.00. The number of aromatic nitrogens is 1. The first-order valence-corrected chi connectivity index (χ1v) is 22.4. The molecule has 1 aromatic heterocycles. The van der Waals surface area contributed by atoms with E-state index in [0.29, 0.717) is 0 Å². The molecule has 0 fully saturated rings. The molecule has 12 aromatic rings. The Morgan fingerprint density at radius 3 is 1.56 bits per heavy atom. The summed E-state index contributed by atoms with van der Waals surface area (Å²) < 4.78 is 16.8. The average molecular weight is 848 g/mol. The smallest absolute Gasteiger partial charge is 0.123 e. The van der Waals surface area contributed by atoms with Gasteiger partial charge in [0, 0.05) is 50.0 Å². The fourth-order valence-corrected chi connectivity index (χ4v) is 9.76. The molecule has 3 nitrogen and oxygen atoms in total. The third kappa shape index (κ3) is 6.84. The van der Waals surface area contributed by atoms with Gasteiger partial charge in [0.1, 0.15) is 5.82 Å². The van der Waals surface area contributed by atoms with Crippen LogP contribution in [0.3, 0.4) is 0 Å². The van der Waals surface area contributed by atoms with Gasteiger partial charge < -0.3 is 14.4 Å². The molecule has 0 aliphatic rings. The number of hydrogen-bond donors (Lipinski definition) is 0. The van der Waals surface area contributed by atoms with Gasteiger partial charge in [-0.1, -0.05) is 158 Å². The quantitative estimate of drug-likeness (QED) is 0.143. The van der Waals surface area contributed by atoms with Gasteiger partial charge in [0.05, 0.1) is 22.4 Å². The van der Waals surface area contributed by atoms with E-state index in [1.54, 1.807) is 0 Å². The Morgan fingerprint density at radius 2 is 0.818 bits per heavy atom. The number of anilines is 6. The first kappa shape index (κ1) is 38.9. The summed E-state index contributed by atoms with van der Waals surface area (Å²) >= 11 is 0. The number of fused-ring (bicyclic) bond motifs is 5. The maximum absolute atomic E-state index is 14.5. The van der Waals surface area contributed by atoms with E-state index in [9.17, 15) is 4.39 Å². The van der Waals surface area contributed by atoms with Crippen molar-refractivity contribution in [2.24, 2.45) is 0 Å². The zero-order valence-electron chi connectivity index (χ0n) is 36.0. The molecule has 312 valence electrons. The zero-order chi connectivity index (χ0) is 44.0. The van der Waals surface area contributed by atoms with Crippen LogP contribution in [0.4, 0.5) is 38.5 Å². The summed E-state index contributed by atoms with van der Waals surface area (Å²) in [5.41, 5.74) is 14.1. The van der Waals surface area contributed by atoms with Crippen LogP contribution >= 0.6 is 0 Å². The molecular formula is C62H42FN3. The molecule has 0 aliphatic heterocycles. The van der Waals surface area contributed by atoms with E-state index in [2.05, 4.69) is 239 Å². The van der Waals surface area contributed by atoms with Gasteiger partial charge in [0.25, 0.3) is 0 Å². The molecule has 0 spiro atoms. The van der Waals surface area contributed by atoms with Gasteiger partial charge in [0.15, 0.2) is 0 Å². The Labute approximate surface area is 383 Å². The molecule has 0 saturated heterocycles. The number of para-hydroxylation sites is 2. The number of nitrogens with zero attached hydrogens (tertiary/aromatic N) is 3. The van der Waals surface area contributed by atoms with Crippen molar-refractivity contribution < 1.29 is 4.39 Å². The van der Waals surface area contributed by atoms with Gasteiger partial charge in [-0.2, -0.15) is 0 Å². The minimum atomic E-state index is -0.269. The fourth-order valence-electron chi connectivity index (χ4n) is 9.76. The van der Waals surface area contributed by atoms with E-state index < -0.39 is 0 Å². The summed E-state index contributed by atoms with van der Waals surface area (Å²) in [7, 11) is 0. The van der Waals surface area contributed by atoms with Crippen LogP contribution in [0.25, 0.3) is 71.3 Å². The predicted molar refractivity (Wildman–Crippen MR) is 276 cm³/mol. The number of rotatable bonds is 9. The normalized spacial score (nSPS) is 11.4. The fraction of sp³-hybridized carbons (Fsp3) is 0. The summed E-state index contributed by atoms with van der Waals surface area (Å²) in [4.78, 5) is 4.62. The minimum Gasteiger partial charge on any atom is -0.310 e. The van der Waals surface area contributed by atoms with Crippen LogP contribution in [0.5, 0.6) is 0 Å². The van der Waals surface area contributed by atoms with E-state index in [0.717, 1.165) is 78.1 Å². The molecule has 0 saturated carbocycles. The maximum Gasteiger partial charge on any atom is 0.123 e. The molecule has 0 bridgehead atoms. The van der Waals surface area contributed by atoms with Gasteiger partial charge in [0.2, 0.25) is 0 Å². The Hall–Kier alpha value is -8.73. The molecule has 11 aromatic carbocycles. The molecule has 0 radical (unpaired) electrons. The monoisotopic (exact) mass is 847 g/mol. The van der Waals surface area contributed by atoms with E-state index in [1.807, 2.05) is 18.2 Å². The van der Waals surface area contributed by atoms with E-state index in [1.165, 1.54) is 39.4 Å². The minimum absolute atomic E-state index is 0.269. The molecule has 66 heavy (non-hydrogen) atoms. The lowest BCUT2D eigenvalue weighted by molar-refractivity contribution is 0.628. The molecule has 1 heterocycles. The number of benzene rings is 11. The largest absolute Gasteiger partial charge is 0.310 e. The second kappa shape index (κ2) is 16.4. The molecule has 0 atom stereocenters. The summed E-state index contributed by atoms with van der Waals surface area (Å²) in [6.07, 6.45) is 0. The highest BCUT2D eigenvalue weighted by Crippen LogP contribution is 2.46. The van der Waals surface area contributed by atoms with Gasteiger partial charge in [-0.15, -0.1) is 0 Å². The van der Waals surface area contributed by atoms with Crippen molar-refractivity contribution in [3.63, 3.8) is 0 Å². The average Bonchev–Trinajstić information content (AvgIpc) is 3.72. The molecule has 0 N–H and O–H groups in total. The third-order valence-corrected chi connectivity index (χ3v) is 12.8. The molecule has 0 unspecified atom stereocenters. The van der Waals surface area contributed by atoms with Crippen LogP contribution in [-0.2, 0) is 0 Å². The van der Waals surface area contributed by atoms with Crippen molar-refractivity contribution >= 4 is 77.5 Å². The summed E-state index contributed by atoms with van der Waals surface area (Å²) in [6, 6.07) is 89.1. The van der Waals surface area contributed by atoms with Crippen molar-refractivity contribution in [1.29, 1.82) is 0 Å². The molecule has 4 heteroatoms. The van der Waals surface area contributed by atoms with Gasteiger partial charge in [-0.05, 0) is 130 Å². The van der Waals surface area contributed by atoms with Gasteiger partial charge in [-0.25, -0.2) is 4.39 Å². The molecule has 12 rings (SSSR count). The van der Waals surface area contributed by atoms with Crippen molar-refractivity contribution in [3.8, 4) is 27.9 Å². The van der Waals surface area contributed by atoms with Crippen molar-refractivity contribution in [3.05, 3.63) is 261 Å². The van der Waals surface area contributed by atoms with E-state index in [-0.39, 0.29) is 5.82 Å². The lowest BCUT2D eigenvalue weighted by atomic mass is 9.95. The van der Waals surface area contributed by atoms with Gasteiger partial charge >= 0.3 is 0 Å². The topological polar surface area (TPSA) is 11.4 Å². The highest BCUT2D eigenvalue weighted by atomic mass is 19.1. The summed E-state index contributed by atoms with van der Waals surface area (Å²) in [6.45, 7) is 0. The Bertz CT molecular complexity index is 3690. The third-order valence-electron chi connectivity index (χ3n) is 12.8. The second-order valence-corrected chi connectivity index (χ2v) is 16.7. The van der Waals surface area contributed by atoms with Crippen molar-refractivity contribution in [1.82, 2.24) is 4.57 Å². The van der Waals surface area contributed by atoms with Crippen LogP contribution in [0.1, 0.15) is 0 Å². The standard InChI is InChI=1S/C62H42FN3/c63-47-30-36-50(37-31-47)64(52-38-40-62-58(42-52)57-23-11-12-24-60(57)65(62)48-18-5-2-6-19-48)49-34-28-46(29-35-49)53-39-41-61(56-22-10-9-21-55(53)56)66(59-25-13-17-45-16-7-8-20-54(45)59)51-32-26-44(27-33-51)43-14-3-1-4-15-43/h1-42H. The Morgan fingerprint density at radius 1 is 0.303 bits per heavy atom. The SMILES string of the molecule is Fc1ccc(N(c2ccc(-c3ccc(N(c4ccc(-c5ccccc5)cc4)c4cccc5ccccc45)c4ccccc34)cc2)c2ccc3c(c2)c2ccccc2n3-c2ccccc2)cc1. The first-order valence-electron chi connectivity index (χ1n) is 22.4. The highest BCUT2D eigenvalue weighted by molar-refractivity contribution is 6.11. The number of hydrogen-bond acceptors (Lipinski definition) is 2. The van der Waals surface area contributed by atoms with E-state index >= 15 is 0 Å². The molecular weight excluding hydrogens is 806 g/mol. The highest BCUT2D eigenvalue weighted by Gasteiger charge is 2.21. The second-order valence-electron chi connectivity index (χ2n) is 16.7. The first-order chi connectivity index (χ1) is 32.7. The van der Waals surface area contributed by atoms with Crippen LogP contribution < -0.4 is 9.80 Å². The van der Waals surface area contributed by atoms with Crippen LogP contribution in [0.15, 0.2) is 255 Å². The van der Waals surface area contributed by atoms with Crippen LogP contribution in [-0.4, -0.2) is 4.57 Å². The van der Waals surface area contributed by atoms with E-state index in [4.69, 9.17) is 0 Å². The lowest BCUT2D eigenvalue weighted by Gasteiger charge is -2.29. The van der Waals surface area contributed by atoms with Crippen LogP contribution in [0.2, 0.25) is 0 Å². The lowest BCUT2D eigenvalue weighted by Crippen LogP contribution is -2.11. The Kier molecular flexibility index (Phi) is 9.69. The molecule has 0 aliphatic carbocycles. The van der Waals surface area contributed by atoms with Gasteiger partial charge in [-0.3, -0.25) is 0 Å². The zero-order valence-corrected chi connectivity index (χ0v) is 36.0. The van der Waals surface area contributed by atoms with Crippen LogP contribution in [0, 0.1) is 5.82 Å².